The van der Waals surface area contributed by atoms with Gasteiger partial charge in [0, 0.05) is 27.7 Å². The number of hydrogen-bond acceptors (Lipinski definition) is 6. The number of rotatable bonds is 4. The highest BCUT2D eigenvalue weighted by atomic mass is 32.1. The number of aryl methyl sites for hydroxylation is 2. The van der Waals surface area contributed by atoms with Crippen LogP contribution in [0.25, 0.3) is 21.5 Å². The molecule has 7 heteroatoms. The molecule has 6 nitrogen and oxygen atoms in total. The molecule has 126 valence electrons. The summed E-state index contributed by atoms with van der Waals surface area (Å²) < 4.78 is 0. The van der Waals surface area contributed by atoms with E-state index >= 15 is 0 Å². The highest BCUT2D eigenvalue weighted by Crippen LogP contribution is 2.30. The Kier molecular flexibility index (Phi) is 3.93. The van der Waals surface area contributed by atoms with Gasteiger partial charge in [0.05, 0.1) is 17.3 Å². The van der Waals surface area contributed by atoms with E-state index in [1.807, 2.05) is 25.3 Å². The molecule has 0 aliphatic carbocycles. The van der Waals surface area contributed by atoms with Gasteiger partial charge in [0.1, 0.15) is 17.2 Å². The van der Waals surface area contributed by atoms with Gasteiger partial charge in [-0.1, -0.05) is 0 Å². The zero-order chi connectivity index (χ0) is 17.4. The first-order chi connectivity index (χ1) is 12.1. The number of nitrogens with one attached hydrogen (secondary N) is 2. The molecule has 0 amide bonds. The number of thiazole rings is 1. The van der Waals surface area contributed by atoms with Crippen LogP contribution in [-0.4, -0.2) is 25.1 Å². The van der Waals surface area contributed by atoms with Crippen LogP contribution in [0.3, 0.4) is 0 Å². The normalized spacial score (nSPS) is 12.4. The molecule has 0 saturated heterocycles. The molecule has 0 spiro atoms. The third-order valence-electron chi connectivity index (χ3n) is 4.03. The zero-order valence-electron chi connectivity index (χ0n) is 14.2. The van der Waals surface area contributed by atoms with Gasteiger partial charge < -0.3 is 5.32 Å². The Hall–Kier alpha value is -2.80. The number of aromatic nitrogens is 5. The average molecular weight is 350 g/mol. The molecule has 0 radical (unpaired) electrons. The van der Waals surface area contributed by atoms with Crippen LogP contribution in [0.15, 0.2) is 36.8 Å². The molecule has 0 aliphatic rings. The third kappa shape index (κ3) is 3.10. The number of aromatic amines is 1. The van der Waals surface area contributed by atoms with Crippen molar-refractivity contribution in [1.82, 2.24) is 25.1 Å². The van der Waals surface area contributed by atoms with E-state index in [4.69, 9.17) is 0 Å². The third-order valence-corrected chi connectivity index (χ3v) is 4.99. The zero-order valence-corrected chi connectivity index (χ0v) is 15.1. The van der Waals surface area contributed by atoms with E-state index < -0.39 is 0 Å². The molecule has 4 aromatic rings. The Bertz CT molecular complexity index is 1030. The maximum atomic E-state index is 4.48. The highest BCUT2D eigenvalue weighted by Gasteiger charge is 2.13. The molecular formula is C18H18N6S. The fourth-order valence-electron chi connectivity index (χ4n) is 2.73. The van der Waals surface area contributed by atoms with Crippen LogP contribution < -0.4 is 5.32 Å². The summed E-state index contributed by atoms with van der Waals surface area (Å²) in [6.45, 7) is 6.12. The topological polar surface area (TPSA) is 79.4 Å². The summed E-state index contributed by atoms with van der Waals surface area (Å²) in [7, 11) is 0. The van der Waals surface area contributed by atoms with Gasteiger partial charge in [0.15, 0.2) is 0 Å². The lowest BCUT2D eigenvalue weighted by molar-refractivity contribution is 0.819. The van der Waals surface area contributed by atoms with Crippen molar-refractivity contribution >= 4 is 28.1 Å². The Morgan fingerprint density at radius 2 is 2.00 bits per heavy atom. The Morgan fingerprint density at radius 1 is 1.12 bits per heavy atom. The van der Waals surface area contributed by atoms with E-state index in [1.54, 1.807) is 17.7 Å². The first-order valence-electron chi connectivity index (χ1n) is 8.06. The van der Waals surface area contributed by atoms with E-state index in [1.165, 1.54) is 4.88 Å². The number of fused-ring (bicyclic) bond motifs is 1. The lowest BCUT2D eigenvalue weighted by atomic mass is 10.1. The van der Waals surface area contributed by atoms with Crippen molar-refractivity contribution in [3.8, 4) is 10.6 Å². The molecule has 0 saturated carbocycles. The van der Waals surface area contributed by atoms with Crippen molar-refractivity contribution in [2.24, 2.45) is 0 Å². The number of hydrogen-bond donors (Lipinski definition) is 2. The molecule has 1 unspecified atom stereocenters. The van der Waals surface area contributed by atoms with Crippen molar-refractivity contribution in [3.63, 3.8) is 0 Å². The van der Waals surface area contributed by atoms with Gasteiger partial charge in [-0.15, -0.1) is 11.3 Å². The number of benzene rings is 1. The van der Waals surface area contributed by atoms with Gasteiger partial charge >= 0.3 is 0 Å². The van der Waals surface area contributed by atoms with E-state index in [0.29, 0.717) is 0 Å². The Balaban J connectivity index is 1.73. The van der Waals surface area contributed by atoms with Crippen LogP contribution in [0.2, 0.25) is 0 Å². The first kappa shape index (κ1) is 15.7. The van der Waals surface area contributed by atoms with Crippen LogP contribution in [-0.2, 0) is 0 Å². The summed E-state index contributed by atoms with van der Waals surface area (Å²) >= 11 is 1.68. The second-order valence-electron chi connectivity index (χ2n) is 6.07. The minimum absolute atomic E-state index is 0.0359. The fourth-order valence-corrected chi connectivity index (χ4v) is 3.49. The van der Waals surface area contributed by atoms with E-state index in [0.717, 1.165) is 38.7 Å². The first-order valence-corrected chi connectivity index (χ1v) is 8.88. The lowest BCUT2D eigenvalue weighted by Gasteiger charge is -2.14. The smallest absolute Gasteiger partial charge is 0.137 e. The molecule has 25 heavy (non-hydrogen) atoms. The van der Waals surface area contributed by atoms with Gasteiger partial charge in [0.25, 0.3) is 0 Å². The van der Waals surface area contributed by atoms with Crippen LogP contribution in [0.5, 0.6) is 0 Å². The number of nitrogens with zero attached hydrogens (tertiary/aromatic N) is 4. The second-order valence-corrected chi connectivity index (χ2v) is 7.31. The van der Waals surface area contributed by atoms with Crippen molar-refractivity contribution in [1.29, 1.82) is 0 Å². The SMILES string of the molecule is Cc1cc(C(C)Nc2ncnc3ccc(-c4ncc(C)s4)cc23)n[nH]1. The largest absolute Gasteiger partial charge is 0.361 e. The van der Waals surface area contributed by atoms with E-state index in [-0.39, 0.29) is 6.04 Å². The Labute approximate surface area is 149 Å². The van der Waals surface area contributed by atoms with Gasteiger partial charge in [-0.3, -0.25) is 5.10 Å². The van der Waals surface area contributed by atoms with Crippen LogP contribution in [0.1, 0.15) is 29.2 Å². The summed E-state index contributed by atoms with van der Waals surface area (Å²) in [6.07, 6.45) is 3.48. The Morgan fingerprint density at radius 3 is 2.72 bits per heavy atom. The maximum absolute atomic E-state index is 4.48. The summed E-state index contributed by atoms with van der Waals surface area (Å²) in [5.41, 5.74) is 3.97. The molecule has 0 fully saturated rings. The van der Waals surface area contributed by atoms with Gasteiger partial charge in [0.2, 0.25) is 0 Å². The maximum Gasteiger partial charge on any atom is 0.137 e. The van der Waals surface area contributed by atoms with Crippen molar-refractivity contribution in [3.05, 3.63) is 53.1 Å². The number of H-pyrrole nitrogens is 1. The second kappa shape index (κ2) is 6.25. The number of anilines is 1. The van der Waals surface area contributed by atoms with Gasteiger partial charge in [-0.05, 0) is 45.0 Å². The minimum atomic E-state index is 0.0359. The molecule has 1 aromatic carbocycles. The molecule has 4 rings (SSSR count). The lowest BCUT2D eigenvalue weighted by Crippen LogP contribution is -2.09. The molecule has 3 aromatic heterocycles. The van der Waals surface area contributed by atoms with Crippen LogP contribution in [0, 0.1) is 13.8 Å². The quantitative estimate of drug-likeness (QED) is 0.575. The summed E-state index contributed by atoms with van der Waals surface area (Å²) in [5.74, 6) is 0.799. The molecule has 1 atom stereocenters. The molecule has 2 N–H and O–H groups in total. The van der Waals surface area contributed by atoms with E-state index in [9.17, 15) is 0 Å². The predicted octanol–water partition coefficient (Wildman–Crippen LogP) is 4.27. The molecule has 0 bridgehead atoms. The summed E-state index contributed by atoms with van der Waals surface area (Å²) in [4.78, 5) is 14.5. The standard InChI is InChI=1S/C18H18N6S/c1-10-6-16(24-23-10)12(3)22-17-14-7-13(18-19-8-11(2)25-18)4-5-15(14)20-9-21-17/h4-9,12H,1-3H3,(H,23,24)(H,20,21,22). The predicted molar refractivity (Wildman–Crippen MR) is 101 cm³/mol. The van der Waals surface area contributed by atoms with Crippen molar-refractivity contribution in [2.75, 3.05) is 5.32 Å². The van der Waals surface area contributed by atoms with Gasteiger partial charge in [-0.2, -0.15) is 5.10 Å². The van der Waals surface area contributed by atoms with E-state index in [2.05, 4.69) is 56.4 Å². The van der Waals surface area contributed by atoms with Crippen LogP contribution >= 0.6 is 11.3 Å². The molecule has 0 aliphatic heterocycles. The van der Waals surface area contributed by atoms with Crippen molar-refractivity contribution in [2.45, 2.75) is 26.8 Å². The minimum Gasteiger partial charge on any atom is -0.361 e. The fraction of sp³-hybridized carbons (Fsp3) is 0.222. The van der Waals surface area contributed by atoms with Crippen molar-refractivity contribution < 1.29 is 0 Å². The summed E-state index contributed by atoms with van der Waals surface area (Å²) in [6, 6.07) is 8.23. The average Bonchev–Trinajstić information content (AvgIpc) is 3.23. The monoisotopic (exact) mass is 350 g/mol. The van der Waals surface area contributed by atoms with Gasteiger partial charge in [-0.25, -0.2) is 15.0 Å². The molecule has 3 heterocycles. The summed E-state index contributed by atoms with van der Waals surface area (Å²) in [5, 5.41) is 12.7. The molecular weight excluding hydrogens is 332 g/mol. The highest BCUT2D eigenvalue weighted by molar-refractivity contribution is 7.14. The van der Waals surface area contributed by atoms with Crippen LogP contribution in [0.4, 0.5) is 5.82 Å².